The van der Waals surface area contributed by atoms with Gasteiger partial charge in [0.1, 0.15) is 0 Å². The van der Waals surface area contributed by atoms with Gasteiger partial charge in [0.25, 0.3) is 0 Å². The maximum absolute atomic E-state index is 5.49. The SMILES string of the molecule is CCCO[SiH](OCCC)OCCC.CN. The highest BCUT2D eigenvalue weighted by Gasteiger charge is 2.13. The van der Waals surface area contributed by atoms with Crippen molar-refractivity contribution < 1.29 is 13.3 Å². The van der Waals surface area contributed by atoms with Crippen molar-refractivity contribution in [1.82, 2.24) is 0 Å². The highest BCUT2D eigenvalue weighted by atomic mass is 28.3. The zero-order valence-corrected chi connectivity index (χ0v) is 11.8. The van der Waals surface area contributed by atoms with Crippen LogP contribution in [0.2, 0.25) is 0 Å². The van der Waals surface area contributed by atoms with Gasteiger partial charge in [-0.05, 0) is 26.3 Å². The largest absolute Gasteiger partial charge is 0.484 e. The smallest absolute Gasteiger partial charge is 0.376 e. The molecule has 0 bridgehead atoms. The van der Waals surface area contributed by atoms with Crippen molar-refractivity contribution in [3.05, 3.63) is 0 Å². The molecule has 0 saturated carbocycles. The molecule has 15 heavy (non-hydrogen) atoms. The molecule has 0 aromatic rings. The van der Waals surface area contributed by atoms with E-state index in [0.29, 0.717) is 0 Å². The monoisotopic (exact) mass is 237 g/mol. The highest BCUT2D eigenvalue weighted by molar-refractivity contribution is 6.36. The molecule has 0 rings (SSSR count). The topological polar surface area (TPSA) is 53.7 Å². The first-order chi connectivity index (χ1) is 7.35. The minimum Gasteiger partial charge on any atom is -0.376 e. The fourth-order valence-corrected chi connectivity index (χ4v) is 2.36. The average Bonchev–Trinajstić information content (AvgIpc) is 2.31. The predicted molar refractivity (Wildman–Crippen MR) is 66.0 cm³/mol. The van der Waals surface area contributed by atoms with Crippen LogP contribution in [0.25, 0.3) is 0 Å². The fraction of sp³-hybridized carbons (Fsp3) is 1.00. The van der Waals surface area contributed by atoms with E-state index < -0.39 is 9.53 Å². The third-order valence-corrected chi connectivity index (χ3v) is 2.90. The Labute approximate surface area is 96.1 Å². The lowest BCUT2D eigenvalue weighted by molar-refractivity contribution is 0.0933. The van der Waals surface area contributed by atoms with Gasteiger partial charge < -0.3 is 19.0 Å². The van der Waals surface area contributed by atoms with Crippen LogP contribution in [0.4, 0.5) is 0 Å². The lowest BCUT2D eigenvalue weighted by atomic mass is 10.5. The summed E-state index contributed by atoms with van der Waals surface area (Å²) in [6.07, 6.45) is 3.07. The van der Waals surface area contributed by atoms with Crippen molar-refractivity contribution in [3.63, 3.8) is 0 Å². The molecule has 0 aromatic heterocycles. The van der Waals surface area contributed by atoms with Gasteiger partial charge in [0, 0.05) is 19.8 Å². The van der Waals surface area contributed by atoms with Gasteiger partial charge in [0.2, 0.25) is 0 Å². The maximum atomic E-state index is 5.49. The molecule has 0 aliphatic carbocycles. The van der Waals surface area contributed by atoms with Gasteiger partial charge in [-0.2, -0.15) is 0 Å². The zero-order valence-electron chi connectivity index (χ0n) is 10.6. The Bertz CT molecular complexity index is 87.6. The number of rotatable bonds is 9. The van der Waals surface area contributed by atoms with Crippen LogP contribution in [0.1, 0.15) is 40.0 Å². The standard InChI is InChI=1S/C9H22O3Si.CH5N/c1-4-7-10-13(11-8-5-2)12-9-6-3;1-2/h13H,4-9H2,1-3H3;2H2,1H3. The molecule has 0 radical (unpaired) electrons. The first-order valence-electron chi connectivity index (χ1n) is 5.77. The third-order valence-electron chi connectivity index (χ3n) is 1.37. The summed E-state index contributed by atoms with van der Waals surface area (Å²) < 4.78 is 16.5. The second kappa shape index (κ2) is 16.5. The van der Waals surface area contributed by atoms with Crippen molar-refractivity contribution in [3.8, 4) is 0 Å². The van der Waals surface area contributed by atoms with Crippen LogP contribution in [-0.4, -0.2) is 36.4 Å². The maximum Gasteiger partial charge on any atom is 0.484 e. The van der Waals surface area contributed by atoms with Crippen LogP contribution in [0, 0.1) is 0 Å². The molecule has 0 unspecified atom stereocenters. The first kappa shape index (κ1) is 17.5. The molecular formula is C10H27NO3Si. The molecule has 0 amide bonds. The normalized spacial score (nSPS) is 10.0. The van der Waals surface area contributed by atoms with Gasteiger partial charge in [-0.3, -0.25) is 0 Å². The summed E-state index contributed by atoms with van der Waals surface area (Å²) in [5.41, 5.74) is 4.50. The Balaban J connectivity index is 0. The molecular weight excluding hydrogens is 210 g/mol. The van der Waals surface area contributed by atoms with E-state index in [1.54, 1.807) is 0 Å². The van der Waals surface area contributed by atoms with Crippen molar-refractivity contribution >= 4 is 9.53 Å². The summed E-state index contributed by atoms with van der Waals surface area (Å²) in [7, 11) is -0.287. The summed E-state index contributed by atoms with van der Waals surface area (Å²) in [4.78, 5) is 0. The number of hydrogen-bond acceptors (Lipinski definition) is 4. The third kappa shape index (κ3) is 14.1. The summed E-state index contributed by atoms with van der Waals surface area (Å²) in [6, 6.07) is 0. The molecule has 0 aromatic carbocycles. The second-order valence-electron chi connectivity index (χ2n) is 2.90. The van der Waals surface area contributed by atoms with E-state index in [-0.39, 0.29) is 0 Å². The summed E-state index contributed by atoms with van der Waals surface area (Å²) in [5, 5.41) is 0. The minimum absolute atomic E-state index is 0.754. The summed E-state index contributed by atoms with van der Waals surface area (Å²) in [5.74, 6) is 0. The van der Waals surface area contributed by atoms with E-state index >= 15 is 0 Å². The molecule has 0 aliphatic heterocycles. The Hall–Kier alpha value is 0.0569. The predicted octanol–water partition coefficient (Wildman–Crippen LogP) is 1.56. The van der Waals surface area contributed by atoms with Gasteiger partial charge in [-0.1, -0.05) is 20.8 Å². The molecule has 4 nitrogen and oxygen atoms in total. The lowest BCUT2D eigenvalue weighted by Gasteiger charge is -2.15. The molecule has 0 aliphatic rings. The lowest BCUT2D eigenvalue weighted by Crippen LogP contribution is -2.28. The van der Waals surface area contributed by atoms with Crippen molar-refractivity contribution in [2.45, 2.75) is 40.0 Å². The van der Waals surface area contributed by atoms with Crippen LogP contribution in [-0.2, 0) is 13.3 Å². The van der Waals surface area contributed by atoms with Crippen LogP contribution >= 0.6 is 0 Å². The second-order valence-corrected chi connectivity index (χ2v) is 4.48. The molecule has 0 fully saturated rings. The number of hydrogen-bond donors (Lipinski definition) is 1. The van der Waals surface area contributed by atoms with E-state index in [4.69, 9.17) is 13.3 Å². The van der Waals surface area contributed by atoms with E-state index in [9.17, 15) is 0 Å². The van der Waals surface area contributed by atoms with Crippen LogP contribution in [0.5, 0.6) is 0 Å². The Morgan fingerprint density at radius 3 is 1.20 bits per heavy atom. The molecule has 5 heteroatoms. The van der Waals surface area contributed by atoms with Crippen molar-refractivity contribution in [1.29, 1.82) is 0 Å². The Morgan fingerprint density at radius 2 is 1.00 bits per heavy atom. The molecule has 0 atom stereocenters. The van der Waals surface area contributed by atoms with Crippen molar-refractivity contribution in [2.75, 3.05) is 26.9 Å². The van der Waals surface area contributed by atoms with Crippen LogP contribution < -0.4 is 5.73 Å². The Morgan fingerprint density at radius 1 is 0.733 bits per heavy atom. The summed E-state index contributed by atoms with van der Waals surface area (Å²) >= 11 is 0. The van der Waals surface area contributed by atoms with Gasteiger partial charge in [-0.25, -0.2) is 0 Å². The first-order valence-corrected chi connectivity index (χ1v) is 7.19. The van der Waals surface area contributed by atoms with E-state index in [2.05, 4.69) is 26.5 Å². The summed E-state index contributed by atoms with van der Waals surface area (Å²) in [6.45, 7) is 8.53. The van der Waals surface area contributed by atoms with Gasteiger partial charge in [0.05, 0.1) is 0 Å². The molecule has 0 heterocycles. The van der Waals surface area contributed by atoms with Gasteiger partial charge >= 0.3 is 9.53 Å². The minimum atomic E-state index is -1.79. The van der Waals surface area contributed by atoms with E-state index in [0.717, 1.165) is 39.1 Å². The fourth-order valence-electron chi connectivity index (χ4n) is 0.787. The van der Waals surface area contributed by atoms with Gasteiger partial charge in [0.15, 0.2) is 0 Å². The van der Waals surface area contributed by atoms with Crippen molar-refractivity contribution in [2.24, 2.45) is 5.73 Å². The zero-order chi connectivity index (χ0) is 11.9. The van der Waals surface area contributed by atoms with Crippen LogP contribution in [0.3, 0.4) is 0 Å². The van der Waals surface area contributed by atoms with E-state index in [1.165, 1.54) is 7.05 Å². The van der Waals surface area contributed by atoms with Crippen LogP contribution in [0.15, 0.2) is 0 Å². The van der Waals surface area contributed by atoms with E-state index in [1.807, 2.05) is 0 Å². The molecule has 0 saturated heterocycles. The molecule has 0 spiro atoms. The average molecular weight is 237 g/mol. The highest BCUT2D eigenvalue weighted by Crippen LogP contribution is 1.96. The number of nitrogens with two attached hydrogens (primary N) is 1. The Kier molecular flexibility index (Phi) is 19.2. The quantitative estimate of drug-likeness (QED) is 0.618. The molecule has 2 N–H and O–H groups in total. The molecule has 94 valence electrons. The van der Waals surface area contributed by atoms with Gasteiger partial charge in [-0.15, -0.1) is 0 Å².